The van der Waals surface area contributed by atoms with Gasteiger partial charge in [-0.1, -0.05) is 48.6 Å². The molecule has 1 fully saturated rings. The van der Waals surface area contributed by atoms with Crippen LogP contribution in [0.15, 0.2) is 30.3 Å². The van der Waals surface area contributed by atoms with Gasteiger partial charge in [0.2, 0.25) is 0 Å². The van der Waals surface area contributed by atoms with Gasteiger partial charge in [-0.25, -0.2) is 9.59 Å². The zero-order valence-corrected chi connectivity index (χ0v) is 22.0. The summed E-state index contributed by atoms with van der Waals surface area (Å²) in [6, 6.07) is 10.1. The van der Waals surface area contributed by atoms with Crippen molar-refractivity contribution in [2.75, 3.05) is 13.7 Å². The van der Waals surface area contributed by atoms with E-state index >= 15 is 0 Å². The van der Waals surface area contributed by atoms with Gasteiger partial charge in [-0.3, -0.25) is 4.90 Å². The second-order valence-electron chi connectivity index (χ2n) is 11.0. The third-order valence-electron chi connectivity index (χ3n) is 5.73. The molecule has 8 heteroatoms. The SMILES string of the molecule is COC1C[C@@H]([Si](C)(C)c2ccccc2)[C@@H](NC(=O)OC(C)(C)C)CN1C(=O)OC(C)(C)C. The van der Waals surface area contributed by atoms with Crippen molar-refractivity contribution in [2.24, 2.45) is 0 Å². The largest absolute Gasteiger partial charge is 0.444 e. The fourth-order valence-corrected chi connectivity index (χ4v) is 7.65. The summed E-state index contributed by atoms with van der Waals surface area (Å²) in [7, 11) is -0.457. The van der Waals surface area contributed by atoms with Gasteiger partial charge in [-0.05, 0) is 53.5 Å². The van der Waals surface area contributed by atoms with E-state index < -0.39 is 37.7 Å². The highest BCUT2D eigenvalue weighted by molar-refractivity contribution is 6.91. The Balaban J connectivity index is 2.38. The van der Waals surface area contributed by atoms with Crippen LogP contribution in [0.2, 0.25) is 18.6 Å². The predicted octanol–water partition coefficient (Wildman–Crippen LogP) is 4.48. The predicted molar refractivity (Wildman–Crippen MR) is 129 cm³/mol. The first-order valence-corrected chi connectivity index (χ1v) is 14.3. The Hall–Kier alpha value is -2.06. The number of piperidine rings is 1. The molecule has 1 aliphatic rings. The first-order chi connectivity index (χ1) is 14.6. The van der Waals surface area contributed by atoms with Crippen molar-refractivity contribution < 1.29 is 23.8 Å². The molecule has 1 saturated heterocycles. The number of benzene rings is 1. The number of nitrogens with zero attached hydrogens (tertiary/aromatic N) is 1. The smallest absolute Gasteiger partial charge is 0.412 e. The molecule has 180 valence electrons. The number of rotatable bonds is 4. The number of amides is 2. The summed E-state index contributed by atoms with van der Waals surface area (Å²) in [6.07, 6.45) is -0.755. The van der Waals surface area contributed by atoms with Crippen LogP contribution in [0.1, 0.15) is 48.0 Å². The van der Waals surface area contributed by atoms with Gasteiger partial charge in [-0.15, -0.1) is 0 Å². The Morgan fingerprint density at radius 3 is 2.06 bits per heavy atom. The molecule has 1 N–H and O–H groups in total. The Morgan fingerprint density at radius 2 is 1.56 bits per heavy atom. The van der Waals surface area contributed by atoms with Gasteiger partial charge in [-0.2, -0.15) is 0 Å². The summed E-state index contributed by atoms with van der Waals surface area (Å²) in [5, 5.41) is 4.36. The normalized spacial score (nSPS) is 22.3. The summed E-state index contributed by atoms with van der Waals surface area (Å²) in [5.74, 6) is 0. The third kappa shape index (κ3) is 6.97. The van der Waals surface area contributed by atoms with E-state index in [-0.39, 0.29) is 11.6 Å². The number of methoxy groups -OCH3 is 1. The fraction of sp³-hybridized carbons (Fsp3) is 0.667. The molecule has 3 atom stereocenters. The van der Waals surface area contributed by atoms with Crippen molar-refractivity contribution in [3.05, 3.63) is 30.3 Å². The molecule has 32 heavy (non-hydrogen) atoms. The first-order valence-electron chi connectivity index (χ1n) is 11.2. The highest BCUT2D eigenvalue weighted by atomic mass is 28.3. The molecule has 0 aromatic heterocycles. The topological polar surface area (TPSA) is 77.1 Å². The van der Waals surface area contributed by atoms with E-state index in [0.717, 1.165) is 0 Å². The third-order valence-corrected chi connectivity index (χ3v) is 10.0. The van der Waals surface area contributed by atoms with E-state index in [0.29, 0.717) is 13.0 Å². The van der Waals surface area contributed by atoms with Crippen molar-refractivity contribution in [3.63, 3.8) is 0 Å². The molecule has 1 unspecified atom stereocenters. The number of ether oxygens (including phenoxy) is 3. The van der Waals surface area contributed by atoms with Crippen LogP contribution in [0.25, 0.3) is 0 Å². The van der Waals surface area contributed by atoms with E-state index in [1.54, 1.807) is 12.0 Å². The van der Waals surface area contributed by atoms with Crippen molar-refractivity contribution in [3.8, 4) is 0 Å². The lowest BCUT2D eigenvalue weighted by Crippen LogP contribution is -2.64. The number of nitrogens with one attached hydrogen (secondary N) is 1. The van der Waals surface area contributed by atoms with Crippen LogP contribution >= 0.6 is 0 Å². The maximum atomic E-state index is 13.0. The standard InChI is InChI=1S/C24H40N2O5Si/c1-23(2,3)30-21(27)25-18-16-26(22(28)31-24(4,5)6)20(29-7)15-19(18)32(8,9)17-13-11-10-12-14-17/h10-14,18-20H,15-16H2,1-9H3,(H,25,27)/t18-,19+,20?/m0/s1. The van der Waals surface area contributed by atoms with Crippen molar-refractivity contribution in [1.29, 1.82) is 0 Å². The Kier molecular flexibility index (Phi) is 8.04. The van der Waals surface area contributed by atoms with Crippen LogP contribution < -0.4 is 10.5 Å². The molecule has 0 bridgehead atoms. The van der Waals surface area contributed by atoms with E-state index in [9.17, 15) is 9.59 Å². The summed E-state index contributed by atoms with van der Waals surface area (Å²) >= 11 is 0. The quantitative estimate of drug-likeness (QED) is 0.665. The molecule has 0 spiro atoms. The van der Waals surface area contributed by atoms with Crippen LogP contribution in [-0.4, -0.2) is 62.3 Å². The van der Waals surface area contributed by atoms with Crippen LogP contribution in [-0.2, 0) is 14.2 Å². The molecular formula is C24H40N2O5Si. The average molecular weight is 465 g/mol. The van der Waals surface area contributed by atoms with E-state index in [1.165, 1.54) is 5.19 Å². The first kappa shape index (κ1) is 26.2. The van der Waals surface area contributed by atoms with Crippen molar-refractivity contribution in [2.45, 2.75) is 90.1 Å². The Morgan fingerprint density at radius 1 is 1.00 bits per heavy atom. The van der Waals surface area contributed by atoms with Gasteiger partial charge in [0.25, 0.3) is 0 Å². The zero-order chi connectivity index (χ0) is 24.3. The molecule has 1 aromatic rings. The minimum atomic E-state index is -2.07. The van der Waals surface area contributed by atoms with Crippen molar-refractivity contribution in [1.82, 2.24) is 10.2 Å². The average Bonchev–Trinajstić information content (AvgIpc) is 2.65. The maximum absolute atomic E-state index is 13.0. The molecular weight excluding hydrogens is 424 g/mol. The summed E-state index contributed by atoms with van der Waals surface area (Å²) < 4.78 is 16.9. The van der Waals surface area contributed by atoms with E-state index in [2.05, 4.69) is 30.5 Å². The van der Waals surface area contributed by atoms with Crippen molar-refractivity contribution >= 4 is 25.4 Å². The van der Waals surface area contributed by atoms with Crippen LogP contribution in [0.5, 0.6) is 0 Å². The maximum Gasteiger partial charge on any atom is 0.412 e. The van der Waals surface area contributed by atoms with Gasteiger partial charge >= 0.3 is 12.2 Å². The highest BCUT2D eigenvalue weighted by Gasteiger charge is 2.48. The number of hydrogen-bond donors (Lipinski definition) is 1. The summed E-state index contributed by atoms with van der Waals surface area (Å²) in [4.78, 5) is 27.3. The van der Waals surface area contributed by atoms with Gasteiger partial charge in [0, 0.05) is 13.7 Å². The molecule has 7 nitrogen and oxygen atoms in total. The molecule has 1 aromatic carbocycles. The molecule has 1 aliphatic heterocycles. The second-order valence-corrected chi connectivity index (χ2v) is 15.8. The van der Waals surface area contributed by atoms with Gasteiger partial charge in [0.15, 0.2) is 0 Å². The molecule has 0 aliphatic carbocycles. The molecule has 1 heterocycles. The second kappa shape index (κ2) is 9.83. The monoisotopic (exact) mass is 464 g/mol. The minimum absolute atomic E-state index is 0.126. The van der Waals surface area contributed by atoms with E-state index in [1.807, 2.05) is 59.7 Å². The van der Waals surface area contributed by atoms with Gasteiger partial charge < -0.3 is 19.5 Å². The summed E-state index contributed by atoms with van der Waals surface area (Å²) in [6.45, 7) is 15.9. The molecule has 0 saturated carbocycles. The Bertz CT molecular complexity index is 786. The van der Waals surface area contributed by atoms with Crippen LogP contribution in [0, 0.1) is 0 Å². The zero-order valence-electron chi connectivity index (χ0n) is 21.0. The van der Waals surface area contributed by atoms with Crippen LogP contribution in [0.4, 0.5) is 9.59 Å². The van der Waals surface area contributed by atoms with Crippen LogP contribution in [0.3, 0.4) is 0 Å². The number of hydrogen-bond acceptors (Lipinski definition) is 5. The van der Waals surface area contributed by atoms with E-state index in [4.69, 9.17) is 14.2 Å². The minimum Gasteiger partial charge on any atom is -0.444 e. The number of likely N-dealkylation sites (tertiary alicyclic amines) is 1. The number of carbonyl (C=O) groups excluding carboxylic acids is 2. The van der Waals surface area contributed by atoms with Gasteiger partial charge in [0.1, 0.15) is 17.4 Å². The lowest BCUT2D eigenvalue weighted by molar-refractivity contribution is -0.0714. The highest BCUT2D eigenvalue weighted by Crippen LogP contribution is 2.37. The lowest BCUT2D eigenvalue weighted by Gasteiger charge is -2.48. The molecule has 2 rings (SSSR count). The molecule has 0 radical (unpaired) electrons. The number of carbonyl (C=O) groups is 2. The lowest BCUT2D eigenvalue weighted by atomic mass is 10.0. The Labute approximate surface area is 193 Å². The summed E-state index contributed by atoms with van der Waals surface area (Å²) in [5.41, 5.74) is -1.11. The number of alkyl carbamates (subject to hydrolysis) is 1. The molecule has 2 amide bonds. The fourth-order valence-electron chi connectivity index (χ4n) is 4.19. The van der Waals surface area contributed by atoms with Gasteiger partial charge in [0.05, 0.1) is 14.1 Å².